The summed E-state index contributed by atoms with van der Waals surface area (Å²) in [4.78, 5) is 42.3. The zero-order chi connectivity index (χ0) is 18.8. The fourth-order valence-corrected chi connectivity index (χ4v) is 2.63. The Morgan fingerprint density at radius 2 is 1.88 bits per heavy atom. The molecule has 0 fully saturated rings. The maximum Gasteiger partial charge on any atom is 0.278 e. The molecular formula is C18H14ClN3O4. The number of hydrogen-bond donors (Lipinski definition) is 3. The summed E-state index contributed by atoms with van der Waals surface area (Å²) in [7, 11) is 0. The zero-order valence-corrected chi connectivity index (χ0v) is 14.4. The molecule has 2 aromatic carbocycles. The van der Waals surface area contributed by atoms with E-state index in [2.05, 4.69) is 15.3 Å². The van der Waals surface area contributed by atoms with Crippen molar-refractivity contribution in [2.45, 2.75) is 13.0 Å². The molecule has 3 aromatic rings. The number of nitrogens with one attached hydrogen (secondary N) is 2. The lowest BCUT2D eigenvalue weighted by Gasteiger charge is -2.11. The number of anilines is 1. The monoisotopic (exact) mass is 371 g/mol. The number of carbonyl (C=O) groups excluding carboxylic acids is 2. The fraction of sp³-hybridized carbons (Fsp3) is 0.111. The van der Waals surface area contributed by atoms with Crippen molar-refractivity contribution in [1.82, 2.24) is 9.97 Å². The number of aromatic amines is 1. The maximum atomic E-state index is 12.5. The highest BCUT2D eigenvalue weighted by atomic mass is 35.5. The largest absolute Gasteiger partial charge is 0.380 e. The van der Waals surface area contributed by atoms with E-state index >= 15 is 0 Å². The van der Waals surface area contributed by atoms with Crippen LogP contribution in [0.2, 0.25) is 5.02 Å². The number of aliphatic hydroxyl groups is 1. The topological polar surface area (TPSA) is 112 Å². The second-order valence-electron chi connectivity index (χ2n) is 5.65. The lowest BCUT2D eigenvalue weighted by Crippen LogP contribution is -2.24. The first-order valence-corrected chi connectivity index (χ1v) is 8.02. The minimum absolute atomic E-state index is 0.235. The van der Waals surface area contributed by atoms with Crippen LogP contribution in [0.3, 0.4) is 0 Å². The van der Waals surface area contributed by atoms with Crippen LogP contribution in [0.25, 0.3) is 11.0 Å². The van der Waals surface area contributed by atoms with Crippen LogP contribution in [0.1, 0.15) is 29.1 Å². The predicted molar refractivity (Wildman–Crippen MR) is 97.4 cm³/mol. The third kappa shape index (κ3) is 3.63. The van der Waals surface area contributed by atoms with Crippen molar-refractivity contribution >= 4 is 40.0 Å². The van der Waals surface area contributed by atoms with Gasteiger partial charge in [0, 0.05) is 17.6 Å². The van der Waals surface area contributed by atoms with Crippen molar-refractivity contribution in [3.05, 3.63) is 69.1 Å². The van der Waals surface area contributed by atoms with E-state index in [-0.39, 0.29) is 11.5 Å². The van der Waals surface area contributed by atoms with Crippen molar-refractivity contribution in [2.24, 2.45) is 0 Å². The average molecular weight is 372 g/mol. The summed E-state index contributed by atoms with van der Waals surface area (Å²) in [5.41, 5.74) is 0.483. The van der Waals surface area contributed by atoms with Crippen molar-refractivity contribution in [3.8, 4) is 0 Å². The number of ketones is 1. The summed E-state index contributed by atoms with van der Waals surface area (Å²) < 4.78 is 0. The molecule has 3 rings (SSSR count). The standard InChI is InChI=1S/C18H14ClN3O4/c1-9(23)20-12-5-2-10(3-6-12)16(24)17(25)15-18(26)22-14-8-11(19)4-7-13(14)21-15/h2-8,16,24H,1H3,(H,20,23)(H,22,26). The summed E-state index contributed by atoms with van der Waals surface area (Å²) in [6.07, 6.45) is -1.56. The molecule has 3 N–H and O–H groups in total. The minimum atomic E-state index is -1.56. The van der Waals surface area contributed by atoms with Crippen LogP contribution < -0.4 is 10.9 Å². The Bertz CT molecular complexity index is 1060. The molecule has 0 saturated heterocycles. The molecule has 0 aliphatic rings. The molecule has 132 valence electrons. The van der Waals surface area contributed by atoms with Crippen molar-refractivity contribution < 1.29 is 14.7 Å². The Kier molecular flexibility index (Phi) is 4.83. The summed E-state index contributed by atoms with van der Waals surface area (Å²) >= 11 is 5.87. The Morgan fingerprint density at radius 1 is 1.19 bits per heavy atom. The number of rotatable bonds is 4. The normalized spacial score (nSPS) is 12.0. The molecular weight excluding hydrogens is 358 g/mol. The van der Waals surface area contributed by atoms with Gasteiger partial charge in [-0.25, -0.2) is 4.98 Å². The van der Waals surface area contributed by atoms with Gasteiger partial charge in [0.1, 0.15) is 6.10 Å². The van der Waals surface area contributed by atoms with Gasteiger partial charge in [-0.3, -0.25) is 14.4 Å². The summed E-state index contributed by atoms with van der Waals surface area (Å²) in [6, 6.07) is 10.8. The quantitative estimate of drug-likeness (QED) is 0.610. The Labute approximate surface area is 152 Å². The number of benzene rings is 2. The highest BCUT2D eigenvalue weighted by Gasteiger charge is 2.24. The molecule has 7 nitrogen and oxygen atoms in total. The maximum absolute atomic E-state index is 12.5. The SMILES string of the molecule is CC(=O)Nc1ccc(C(O)C(=O)c2nc3ccc(Cl)cc3[nH]c2=O)cc1. The third-order valence-corrected chi connectivity index (χ3v) is 3.92. The second-order valence-corrected chi connectivity index (χ2v) is 6.08. The molecule has 1 aromatic heterocycles. The van der Waals surface area contributed by atoms with Gasteiger partial charge < -0.3 is 15.4 Å². The van der Waals surface area contributed by atoms with Gasteiger partial charge >= 0.3 is 0 Å². The molecule has 0 aliphatic carbocycles. The van der Waals surface area contributed by atoms with Gasteiger partial charge in [-0.15, -0.1) is 0 Å². The Morgan fingerprint density at radius 3 is 2.54 bits per heavy atom. The number of aliphatic hydroxyl groups excluding tert-OH is 1. The minimum Gasteiger partial charge on any atom is -0.380 e. The first kappa shape index (κ1) is 17.8. The summed E-state index contributed by atoms with van der Waals surface area (Å²) in [6.45, 7) is 1.37. The van der Waals surface area contributed by atoms with E-state index in [1.54, 1.807) is 24.3 Å². The van der Waals surface area contributed by atoms with E-state index in [1.165, 1.54) is 25.1 Å². The molecule has 0 bridgehead atoms. The fourth-order valence-electron chi connectivity index (χ4n) is 2.46. The number of Topliss-reactive ketones (excluding diaryl/α,β-unsaturated/α-hetero) is 1. The first-order chi connectivity index (χ1) is 12.3. The number of aromatic nitrogens is 2. The van der Waals surface area contributed by atoms with E-state index in [9.17, 15) is 19.5 Å². The van der Waals surface area contributed by atoms with Crippen molar-refractivity contribution in [1.29, 1.82) is 0 Å². The molecule has 0 radical (unpaired) electrons. The highest BCUT2D eigenvalue weighted by Crippen LogP contribution is 2.20. The number of amides is 1. The second kappa shape index (κ2) is 7.07. The molecule has 0 spiro atoms. The van der Waals surface area contributed by atoms with Gasteiger partial charge in [0.15, 0.2) is 5.69 Å². The van der Waals surface area contributed by atoms with Crippen LogP contribution in [-0.2, 0) is 4.79 Å². The van der Waals surface area contributed by atoms with Gasteiger partial charge in [0.2, 0.25) is 11.7 Å². The van der Waals surface area contributed by atoms with Crippen molar-refractivity contribution in [2.75, 3.05) is 5.32 Å². The van der Waals surface area contributed by atoms with Gasteiger partial charge in [-0.1, -0.05) is 23.7 Å². The Hall–Kier alpha value is -3.03. The van der Waals surface area contributed by atoms with E-state index in [0.29, 0.717) is 21.7 Å². The van der Waals surface area contributed by atoms with Gasteiger partial charge in [0.05, 0.1) is 11.0 Å². The number of carbonyl (C=O) groups is 2. The molecule has 1 atom stereocenters. The van der Waals surface area contributed by atoms with Crippen LogP contribution in [0, 0.1) is 0 Å². The zero-order valence-electron chi connectivity index (χ0n) is 13.6. The smallest absolute Gasteiger partial charge is 0.278 e. The van der Waals surface area contributed by atoms with E-state index in [1.807, 2.05) is 0 Å². The third-order valence-electron chi connectivity index (χ3n) is 3.68. The van der Waals surface area contributed by atoms with Gasteiger partial charge in [-0.05, 0) is 35.9 Å². The lowest BCUT2D eigenvalue weighted by atomic mass is 10.0. The summed E-state index contributed by atoms with van der Waals surface area (Å²) in [5, 5.41) is 13.3. The molecule has 0 aliphatic heterocycles. The van der Waals surface area contributed by atoms with Crippen LogP contribution >= 0.6 is 11.6 Å². The number of halogens is 1. The predicted octanol–water partition coefficient (Wildman–Crippen LogP) is 2.45. The summed E-state index contributed by atoms with van der Waals surface area (Å²) in [5.74, 6) is -1.06. The molecule has 26 heavy (non-hydrogen) atoms. The van der Waals surface area contributed by atoms with Crippen LogP contribution in [0.5, 0.6) is 0 Å². The molecule has 1 amide bonds. The molecule has 8 heteroatoms. The first-order valence-electron chi connectivity index (χ1n) is 7.64. The van der Waals surface area contributed by atoms with E-state index in [4.69, 9.17) is 11.6 Å². The molecule has 1 unspecified atom stereocenters. The molecule has 1 heterocycles. The van der Waals surface area contributed by atoms with Crippen molar-refractivity contribution in [3.63, 3.8) is 0 Å². The van der Waals surface area contributed by atoms with Gasteiger partial charge in [-0.2, -0.15) is 0 Å². The average Bonchev–Trinajstić information content (AvgIpc) is 2.60. The lowest BCUT2D eigenvalue weighted by molar-refractivity contribution is -0.114. The number of fused-ring (bicyclic) bond motifs is 1. The van der Waals surface area contributed by atoms with Crippen LogP contribution in [0.4, 0.5) is 5.69 Å². The Balaban J connectivity index is 1.92. The van der Waals surface area contributed by atoms with E-state index in [0.717, 1.165) is 0 Å². The van der Waals surface area contributed by atoms with Gasteiger partial charge in [0.25, 0.3) is 5.56 Å². The number of H-pyrrole nitrogens is 1. The van der Waals surface area contributed by atoms with Crippen LogP contribution in [0.15, 0.2) is 47.3 Å². The highest BCUT2D eigenvalue weighted by molar-refractivity contribution is 6.31. The van der Waals surface area contributed by atoms with Crippen LogP contribution in [-0.4, -0.2) is 26.8 Å². The molecule has 0 saturated carbocycles. The van der Waals surface area contributed by atoms with E-state index < -0.39 is 23.1 Å². The number of nitrogens with zero attached hydrogens (tertiary/aromatic N) is 1. The number of hydrogen-bond acceptors (Lipinski definition) is 5.